The second-order valence-electron chi connectivity index (χ2n) is 5.90. The predicted octanol–water partition coefficient (Wildman–Crippen LogP) is 4.01. The number of rotatable bonds is 4. The van der Waals surface area contributed by atoms with Gasteiger partial charge >= 0.3 is 0 Å². The number of carbonyl (C=O) groups excluding carboxylic acids is 1. The van der Waals surface area contributed by atoms with Gasteiger partial charge in [-0.15, -0.1) is 12.4 Å². The summed E-state index contributed by atoms with van der Waals surface area (Å²) in [7, 11) is 0. The fourth-order valence-electron chi connectivity index (χ4n) is 2.66. The van der Waals surface area contributed by atoms with Crippen molar-refractivity contribution in [1.29, 1.82) is 0 Å². The zero-order valence-corrected chi connectivity index (χ0v) is 14.5. The lowest BCUT2D eigenvalue weighted by molar-refractivity contribution is -0.120. The topological polar surface area (TPSA) is 64.3 Å². The van der Waals surface area contributed by atoms with E-state index in [1.54, 1.807) is 12.1 Å². The van der Waals surface area contributed by atoms with Crippen LogP contribution in [0.5, 0.6) is 5.75 Å². The molecule has 2 rings (SSSR count). The average Bonchev–Trinajstić information content (AvgIpc) is 2.42. The van der Waals surface area contributed by atoms with Crippen LogP contribution in [-0.2, 0) is 4.79 Å². The van der Waals surface area contributed by atoms with Crippen LogP contribution in [0.1, 0.15) is 39.5 Å². The average molecular weight is 347 g/mol. The lowest BCUT2D eigenvalue weighted by atomic mass is 9.85. The molecule has 124 valence electrons. The van der Waals surface area contributed by atoms with Crippen LogP contribution < -0.4 is 15.8 Å². The van der Waals surface area contributed by atoms with Crippen molar-refractivity contribution in [2.24, 2.45) is 11.7 Å². The first-order valence-corrected chi connectivity index (χ1v) is 7.86. The first kappa shape index (κ1) is 19.1. The molecule has 0 saturated heterocycles. The number of halogens is 2. The van der Waals surface area contributed by atoms with E-state index in [4.69, 9.17) is 22.1 Å². The Labute approximate surface area is 143 Å². The van der Waals surface area contributed by atoms with Crippen LogP contribution in [0.25, 0.3) is 0 Å². The molecule has 1 saturated carbocycles. The Hall–Kier alpha value is -0.970. The minimum atomic E-state index is -0.0281. The SMILES string of the molecule is CC(C)Oc1c(Cl)cccc1NC(=O)C1CCCC(N)C1.Cl. The van der Waals surface area contributed by atoms with Gasteiger partial charge in [-0.2, -0.15) is 0 Å². The maximum Gasteiger partial charge on any atom is 0.227 e. The molecule has 3 N–H and O–H groups in total. The van der Waals surface area contributed by atoms with Gasteiger partial charge in [-0.25, -0.2) is 0 Å². The number of amides is 1. The van der Waals surface area contributed by atoms with E-state index in [1.165, 1.54) is 0 Å². The summed E-state index contributed by atoms with van der Waals surface area (Å²) in [5.74, 6) is 0.503. The van der Waals surface area contributed by atoms with Crippen molar-refractivity contribution in [3.63, 3.8) is 0 Å². The van der Waals surface area contributed by atoms with E-state index in [0.29, 0.717) is 16.5 Å². The van der Waals surface area contributed by atoms with E-state index in [-0.39, 0.29) is 36.4 Å². The predicted molar refractivity (Wildman–Crippen MR) is 93.0 cm³/mol. The van der Waals surface area contributed by atoms with Crippen LogP contribution in [0.15, 0.2) is 18.2 Å². The summed E-state index contributed by atoms with van der Waals surface area (Å²) >= 11 is 6.17. The Kier molecular flexibility index (Phi) is 7.46. The minimum Gasteiger partial charge on any atom is -0.487 e. The molecule has 0 aromatic heterocycles. The number of carbonyl (C=O) groups is 1. The molecule has 0 aliphatic heterocycles. The molecule has 0 spiro atoms. The molecule has 1 fully saturated rings. The summed E-state index contributed by atoms with van der Waals surface area (Å²) in [6.07, 6.45) is 3.63. The molecular weight excluding hydrogens is 323 g/mol. The Bertz CT molecular complexity index is 509. The summed E-state index contributed by atoms with van der Waals surface area (Å²) < 4.78 is 5.71. The highest BCUT2D eigenvalue weighted by Crippen LogP contribution is 2.34. The molecule has 2 atom stereocenters. The van der Waals surface area contributed by atoms with Crippen molar-refractivity contribution >= 4 is 35.6 Å². The summed E-state index contributed by atoms with van der Waals surface area (Å²) in [5, 5.41) is 3.44. The van der Waals surface area contributed by atoms with Crippen LogP contribution >= 0.6 is 24.0 Å². The van der Waals surface area contributed by atoms with Crippen molar-refractivity contribution < 1.29 is 9.53 Å². The van der Waals surface area contributed by atoms with Gasteiger partial charge in [0.2, 0.25) is 5.91 Å². The van der Waals surface area contributed by atoms with Gasteiger partial charge in [0, 0.05) is 12.0 Å². The van der Waals surface area contributed by atoms with E-state index in [0.717, 1.165) is 25.7 Å². The molecule has 6 heteroatoms. The third kappa shape index (κ3) is 5.04. The van der Waals surface area contributed by atoms with Gasteiger partial charge < -0.3 is 15.8 Å². The summed E-state index contributed by atoms with van der Waals surface area (Å²) in [5.41, 5.74) is 6.58. The quantitative estimate of drug-likeness (QED) is 0.865. The molecule has 1 aliphatic carbocycles. The fraction of sp³-hybridized carbons (Fsp3) is 0.562. The van der Waals surface area contributed by atoms with Crippen molar-refractivity contribution in [2.75, 3.05) is 5.32 Å². The van der Waals surface area contributed by atoms with Crippen molar-refractivity contribution in [2.45, 2.75) is 51.7 Å². The summed E-state index contributed by atoms with van der Waals surface area (Å²) in [6.45, 7) is 3.85. The molecule has 0 bridgehead atoms. The zero-order chi connectivity index (χ0) is 15.4. The largest absolute Gasteiger partial charge is 0.487 e. The molecule has 22 heavy (non-hydrogen) atoms. The van der Waals surface area contributed by atoms with Crippen LogP contribution in [-0.4, -0.2) is 18.1 Å². The third-order valence-electron chi connectivity index (χ3n) is 3.66. The molecular formula is C16H24Cl2N2O2. The Morgan fingerprint density at radius 1 is 1.41 bits per heavy atom. The lowest BCUT2D eigenvalue weighted by Gasteiger charge is -2.26. The smallest absolute Gasteiger partial charge is 0.227 e. The van der Waals surface area contributed by atoms with Crippen LogP contribution in [0.2, 0.25) is 5.02 Å². The van der Waals surface area contributed by atoms with Crippen LogP contribution in [0.3, 0.4) is 0 Å². The van der Waals surface area contributed by atoms with Crippen molar-refractivity contribution in [3.05, 3.63) is 23.2 Å². The lowest BCUT2D eigenvalue weighted by Crippen LogP contribution is -2.34. The number of ether oxygens (including phenoxy) is 1. The Morgan fingerprint density at radius 3 is 2.77 bits per heavy atom. The standard InChI is InChI=1S/C16H23ClN2O2.ClH/c1-10(2)21-15-13(17)7-4-8-14(15)19-16(20)11-5-3-6-12(18)9-11;/h4,7-8,10-12H,3,5-6,9,18H2,1-2H3,(H,19,20);1H. The van der Waals surface area contributed by atoms with Gasteiger partial charge in [-0.1, -0.05) is 24.1 Å². The normalized spacial score (nSPS) is 21.1. The summed E-state index contributed by atoms with van der Waals surface area (Å²) in [4.78, 5) is 12.4. The van der Waals surface area contributed by atoms with Gasteiger partial charge in [0.1, 0.15) is 0 Å². The van der Waals surface area contributed by atoms with Gasteiger partial charge in [0.15, 0.2) is 5.75 Å². The van der Waals surface area contributed by atoms with Crippen molar-refractivity contribution in [3.8, 4) is 5.75 Å². The highest BCUT2D eigenvalue weighted by Gasteiger charge is 2.26. The Morgan fingerprint density at radius 2 is 2.14 bits per heavy atom. The fourth-order valence-corrected chi connectivity index (χ4v) is 2.88. The highest BCUT2D eigenvalue weighted by atomic mass is 35.5. The number of para-hydroxylation sites is 1. The number of nitrogens with two attached hydrogens (primary N) is 1. The molecule has 1 aromatic rings. The van der Waals surface area contributed by atoms with Gasteiger partial charge in [0.05, 0.1) is 16.8 Å². The molecule has 0 heterocycles. The van der Waals surface area contributed by atoms with E-state index >= 15 is 0 Å². The van der Waals surface area contributed by atoms with Gasteiger partial charge in [-0.05, 0) is 45.2 Å². The first-order chi connectivity index (χ1) is 9.97. The second kappa shape index (κ2) is 8.61. The maximum absolute atomic E-state index is 12.4. The van der Waals surface area contributed by atoms with Crippen molar-refractivity contribution in [1.82, 2.24) is 0 Å². The van der Waals surface area contributed by atoms with E-state index in [1.807, 2.05) is 19.9 Å². The molecule has 1 aromatic carbocycles. The van der Waals surface area contributed by atoms with Gasteiger partial charge in [0.25, 0.3) is 0 Å². The van der Waals surface area contributed by atoms with E-state index in [2.05, 4.69) is 5.32 Å². The molecule has 1 amide bonds. The number of hydrogen-bond donors (Lipinski definition) is 2. The first-order valence-electron chi connectivity index (χ1n) is 7.49. The molecule has 1 aliphatic rings. The monoisotopic (exact) mass is 346 g/mol. The third-order valence-corrected chi connectivity index (χ3v) is 3.96. The molecule has 2 unspecified atom stereocenters. The number of anilines is 1. The zero-order valence-electron chi connectivity index (χ0n) is 13.0. The molecule has 0 radical (unpaired) electrons. The maximum atomic E-state index is 12.4. The van der Waals surface area contributed by atoms with Gasteiger partial charge in [-0.3, -0.25) is 4.79 Å². The van der Waals surface area contributed by atoms with E-state index in [9.17, 15) is 4.79 Å². The second-order valence-corrected chi connectivity index (χ2v) is 6.30. The number of benzene rings is 1. The minimum absolute atomic E-state index is 0. The van der Waals surface area contributed by atoms with Crippen LogP contribution in [0, 0.1) is 5.92 Å². The number of hydrogen-bond acceptors (Lipinski definition) is 3. The number of nitrogens with one attached hydrogen (secondary N) is 1. The highest BCUT2D eigenvalue weighted by molar-refractivity contribution is 6.32. The summed E-state index contributed by atoms with van der Waals surface area (Å²) in [6, 6.07) is 5.49. The van der Waals surface area contributed by atoms with E-state index < -0.39 is 0 Å². The molecule has 4 nitrogen and oxygen atoms in total. The van der Waals surface area contributed by atoms with Crippen LogP contribution in [0.4, 0.5) is 5.69 Å². The Balaban J connectivity index is 0.00000242.